The van der Waals surface area contributed by atoms with E-state index in [2.05, 4.69) is 19.9 Å². The molecule has 4 rings (SSSR count). The number of alkyl halides is 3. The second-order valence-corrected chi connectivity index (χ2v) is 6.82. The molecule has 4 heterocycles. The first-order valence-corrected chi connectivity index (χ1v) is 8.64. The molecule has 2 aromatic rings. The van der Waals surface area contributed by atoms with Crippen LogP contribution >= 0.6 is 0 Å². The maximum absolute atomic E-state index is 12.5. The topological polar surface area (TPSA) is 60.4 Å². The van der Waals surface area contributed by atoms with E-state index >= 15 is 0 Å². The smallest absolute Gasteiger partial charge is 0.422 e. The lowest BCUT2D eigenvalue weighted by molar-refractivity contribution is -0.153. The molecule has 2 aromatic heterocycles. The maximum atomic E-state index is 12.5. The van der Waals surface area contributed by atoms with Crippen LogP contribution < -0.4 is 9.47 Å². The molecule has 2 fully saturated rings. The standard InChI is InChI=1S/C17H19F3N4O2/c18-17(19,20)11-25-14-12-9-21-6-3-13(12)22-15(23-14)26-10-16-4-1-7-24(16)8-2-5-16/h3,6,9H,1-2,4-5,7-8,10-11H2. The van der Waals surface area contributed by atoms with Gasteiger partial charge in [0.2, 0.25) is 5.88 Å². The Morgan fingerprint density at radius 1 is 1.12 bits per heavy atom. The highest BCUT2D eigenvalue weighted by Crippen LogP contribution is 2.39. The second-order valence-electron chi connectivity index (χ2n) is 6.82. The van der Waals surface area contributed by atoms with Crippen LogP contribution in [0.25, 0.3) is 10.9 Å². The molecule has 0 saturated carbocycles. The van der Waals surface area contributed by atoms with Gasteiger partial charge in [0.25, 0.3) is 0 Å². The van der Waals surface area contributed by atoms with Crippen molar-refractivity contribution in [1.29, 1.82) is 0 Å². The zero-order valence-corrected chi connectivity index (χ0v) is 14.1. The van der Waals surface area contributed by atoms with Crippen LogP contribution in [0.15, 0.2) is 18.5 Å². The van der Waals surface area contributed by atoms with Crippen LogP contribution in [0.3, 0.4) is 0 Å². The van der Waals surface area contributed by atoms with Crippen LogP contribution in [0.1, 0.15) is 25.7 Å². The molecule has 0 atom stereocenters. The third-order valence-corrected chi connectivity index (χ3v) is 5.10. The summed E-state index contributed by atoms with van der Waals surface area (Å²) in [6.07, 6.45) is 2.83. The van der Waals surface area contributed by atoms with Crippen molar-refractivity contribution < 1.29 is 22.6 Å². The fourth-order valence-corrected chi connectivity index (χ4v) is 3.91. The Morgan fingerprint density at radius 2 is 1.88 bits per heavy atom. The van der Waals surface area contributed by atoms with Crippen LogP contribution in [-0.2, 0) is 0 Å². The molecule has 0 bridgehead atoms. The van der Waals surface area contributed by atoms with Gasteiger partial charge in [0.1, 0.15) is 6.61 Å². The Morgan fingerprint density at radius 3 is 2.62 bits per heavy atom. The predicted molar refractivity (Wildman–Crippen MR) is 87.2 cm³/mol. The second kappa shape index (κ2) is 6.53. The first-order chi connectivity index (χ1) is 12.5. The maximum Gasteiger partial charge on any atom is 0.422 e. The summed E-state index contributed by atoms with van der Waals surface area (Å²) in [4.78, 5) is 14.7. The number of fused-ring (bicyclic) bond motifs is 2. The fraction of sp³-hybridized carbons (Fsp3) is 0.588. The summed E-state index contributed by atoms with van der Waals surface area (Å²) in [6.45, 7) is 1.13. The molecule has 2 saturated heterocycles. The Hall–Kier alpha value is -2.16. The first-order valence-electron chi connectivity index (χ1n) is 8.64. The molecule has 2 aliphatic heterocycles. The van der Waals surface area contributed by atoms with E-state index in [1.54, 1.807) is 6.07 Å². The average Bonchev–Trinajstić information content (AvgIpc) is 3.17. The van der Waals surface area contributed by atoms with Gasteiger partial charge >= 0.3 is 12.2 Å². The number of hydrogen-bond donors (Lipinski definition) is 0. The molecular formula is C17H19F3N4O2. The van der Waals surface area contributed by atoms with E-state index in [0.717, 1.165) is 38.8 Å². The molecule has 0 unspecified atom stereocenters. The summed E-state index contributed by atoms with van der Waals surface area (Å²) >= 11 is 0. The lowest BCUT2D eigenvalue weighted by atomic mass is 9.95. The van der Waals surface area contributed by atoms with Crippen LogP contribution in [0.5, 0.6) is 11.9 Å². The van der Waals surface area contributed by atoms with Gasteiger partial charge in [-0.25, -0.2) is 0 Å². The Labute approximate surface area is 148 Å². The number of nitrogens with zero attached hydrogens (tertiary/aromatic N) is 4. The monoisotopic (exact) mass is 368 g/mol. The summed E-state index contributed by atoms with van der Waals surface area (Å²) in [6, 6.07) is 1.63. The van der Waals surface area contributed by atoms with Crippen molar-refractivity contribution in [1.82, 2.24) is 19.9 Å². The van der Waals surface area contributed by atoms with Gasteiger partial charge < -0.3 is 9.47 Å². The molecule has 26 heavy (non-hydrogen) atoms. The summed E-state index contributed by atoms with van der Waals surface area (Å²) in [5.74, 6) is -0.164. The Bertz CT molecular complexity index is 789. The van der Waals surface area contributed by atoms with E-state index in [0.29, 0.717) is 17.5 Å². The summed E-state index contributed by atoms with van der Waals surface area (Å²) in [7, 11) is 0. The van der Waals surface area contributed by atoms with Crippen molar-refractivity contribution in [2.75, 3.05) is 26.3 Å². The van der Waals surface area contributed by atoms with E-state index in [9.17, 15) is 13.2 Å². The third kappa shape index (κ3) is 3.40. The minimum atomic E-state index is -4.45. The van der Waals surface area contributed by atoms with Crippen molar-refractivity contribution in [3.05, 3.63) is 18.5 Å². The molecule has 6 nitrogen and oxygen atoms in total. The first kappa shape index (κ1) is 17.3. The summed E-state index contributed by atoms with van der Waals surface area (Å²) in [5.41, 5.74) is 0.443. The van der Waals surface area contributed by atoms with Gasteiger partial charge in [-0.3, -0.25) is 9.88 Å². The molecule has 0 radical (unpaired) electrons. The van der Waals surface area contributed by atoms with E-state index in [1.165, 1.54) is 12.4 Å². The third-order valence-electron chi connectivity index (χ3n) is 5.10. The van der Waals surface area contributed by atoms with Gasteiger partial charge in [-0.1, -0.05) is 0 Å². The highest BCUT2D eigenvalue weighted by Gasteiger charge is 2.45. The quantitative estimate of drug-likeness (QED) is 0.809. The zero-order chi connectivity index (χ0) is 18.2. The van der Waals surface area contributed by atoms with Crippen molar-refractivity contribution in [3.63, 3.8) is 0 Å². The van der Waals surface area contributed by atoms with Crippen molar-refractivity contribution in [2.24, 2.45) is 0 Å². The summed E-state index contributed by atoms with van der Waals surface area (Å²) < 4.78 is 48.3. The van der Waals surface area contributed by atoms with Crippen LogP contribution in [0.2, 0.25) is 0 Å². The molecule has 2 aliphatic rings. The van der Waals surface area contributed by atoms with Gasteiger partial charge in [0, 0.05) is 12.4 Å². The molecule has 140 valence electrons. The van der Waals surface area contributed by atoms with E-state index in [1.807, 2.05) is 0 Å². The largest absolute Gasteiger partial charge is 0.467 e. The minimum Gasteiger partial charge on any atom is -0.467 e. The van der Waals surface area contributed by atoms with Crippen LogP contribution in [-0.4, -0.2) is 57.9 Å². The van der Waals surface area contributed by atoms with Crippen molar-refractivity contribution >= 4 is 10.9 Å². The molecule has 0 spiro atoms. The van der Waals surface area contributed by atoms with E-state index < -0.39 is 12.8 Å². The lowest BCUT2D eigenvalue weighted by Gasteiger charge is -2.31. The van der Waals surface area contributed by atoms with Crippen molar-refractivity contribution in [2.45, 2.75) is 37.4 Å². The minimum absolute atomic E-state index is 0.00352. The van der Waals surface area contributed by atoms with Gasteiger partial charge in [-0.2, -0.15) is 23.1 Å². The highest BCUT2D eigenvalue weighted by atomic mass is 19.4. The highest BCUT2D eigenvalue weighted by molar-refractivity contribution is 5.82. The number of ether oxygens (including phenoxy) is 2. The van der Waals surface area contributed by atoms with E-state index in [-0.39, 0.29) is 17.4 Å². The molecule has 0 aliphatic carbocycles. The lowest BCUT2D eigenvalue weighted by Crippen LogP contribution is -2.43. The fourth-order valence-electron chi connectivity index (χ4n) is 3.91. The van der Waals surface area contributed by atoms with Gasteiger partial charge in [-0.05, 0) is 44.8 Å². The Balaban J connectivity index is 1.57. The molecule has 9 heteroatoms. The molecule has 0 amide bonds. The average molecular weight is 368 g/mol. The van der Waals surface area contributed by atoms with Gasteiger partial charge in [0.15, 0.2) is 6.61 Å². The molecule has 0 N–H and O–H groups in total. The van der Waals surface area contributed by atoms with Crippen LogP contribution in [0, 0.1) is 0 Å². The summed E-state index contributed by atoms with van der Waals surface area (Å²) in [5, 5.41) is 0.325. The van der Waals surface area contributed by atoms with E-state index in [4.69, 9.17) is 9.47 Å². The number of pyridine rings is 1. The SMILES string of the molecule is FC(F)(F)COc1nc(OCC23CCCN2CCC3)nc2ccncc12. The number of rotatable bonds is 5. The number of aromatic nitrogens is 3. The number of halogens is 3. The Kier molecular flexibility index (Phi) is 4.34. The molecular weight excluding hydrogens is 349 g/mol. The molecule has 0 aromatic carbocycles. The van der Waals surface area contributed by atoms with Crippen molar-refractivity contribution in [3.8, 4) is 11.9 Å². The van der Waals surface area contributed by atoms with Gasteiger partial charge in [0.05, 0.1) is 16.4 Å². The number of hydrogen-bond acceptors (Lipinski definition) is 6. The zero-order valence-electron chi connectivity index (χ0n) is 14.1. The van der Waals surface area contributed by atoms with Crippen LogP contribution in [0.4, 0.5) is 13.2 Å². The van der Waals surface area contributed by atoms with Gasteiger partial charge in [-0.15, -0.1) is 0 Å². The predicted octanol–water partition coefficient (Wildman–Crippen LogP) is 2.97. The normalized spacial score (nSPS) is 19.7.